The normalized spacial score (nSPS) is 17.5. The fraction of sp³-hybridized carbons (Fsp3) is 0.227. The standard InChI is InChI=1S/C22H18ClN5O3S/c23-15-8-3-1-6-13(15)12-32-22-25-21-24-16-9-5-11-18(29)19(16)20(27(21)26-22)14-7-2-4-10-17(14)28(30)31/h1-4,6-8,10,20H,5,9,11-12H2,(H,24,25,26)/t20-/m1/s1. The molecule has 1 aromatic heterocycles. The minimum Gasteiger partial charge on any atom is -0.328 e. The lowest BCUT2D eigenvalue weighted by atomic mass is 9.85. The van der Waals surface area contributed by atoms with Crippen LogP contribution >= 0.6 is 23.4 Å². The summed E-state index contributed by atoms with van der Waals surface area (Å²) in [7, 11) is 0. The van der Waals surface area contributed by atoms with Gasteiger partial charge in [0, 0.05) is 34.5 Å². The Bertz CT molecular complexity index is 1270. The number of nitro groups is 1. The summed E-state index contributed by atoms with van der Waals surface area (Å²) in [6.45, 7) is 0. The Morgan fingerprint density at radius 2 is 1.97 bits per heavy atom. The number of benzene rings is 2. The molecule has 0 radical (unpaired) electrons. The number of anilines is 1. The number of hydrogen-bond acceptors (Lipinski definition) is 7. The smallest absolute Gasteiger partial charge is 0.275 e. The molecule has 0 saturated heterocycles. The maximum Gasteiger partial charge on any atom is 0.275 e. The Labute approximate surface area is 192 Å². The van der Waals surface area contributed by atoms with Crippen molar-refractivity contribution in [2.75, 3.05) is 5.32 Å². The first-order chi connectivity index (χ1) is 15.5. The molecule has 5 rings (SSSR count). The first kappa shape index (κ1) is 20.7. The van der Waals surface area contributed by atoms with Crippen LogP contribution in [0.5, 0.6) is 0 Å². The number of para-hydroxylation sites is 1. The summed E-state index contributed by atoms with van der Waals surface area (Å²) in [5.74, 6) is 1.03. The highest BCUT2D eigenvalue weighted by Crippen LogP contribution is 2.43. The van der Waals surface area contributed by atoms with Crippen molar-refractivity contribution >= 4 is 40.8 Å². The lowest BCUT2D eigenvalue weighted by molar-refractivity contribution is -0.385. The predicted octanol–water partition coefficient (Wildman–Crippen LogP) is 5.15. The molecule has 162 valence electrons. The van der Waals surface area contributed by atoms with Crippen LogP contribution in [0.15, 0.2) is 65.0 Å². The number of nitrogens with one attached hydrogen (secondary N) is 1. The van der Waals surface area contributed by atoms with E-state index in [1.54, 1.807) is 22.9 Å². The molecule has 2 heterocycles. The van der Waals surface area contributed by atoms with Crippen molar-refractivity contribution in [3.63, 3.8) is 0 Å². The fourth-order valence-electron chi connectivity index (χ4n) is 4.13. The van der Waals surface area contributed by atoms with E-state index >= 15 is 0 Å². The third-order valence-electron chi connectivity index (χ3n) is 5.59. The quantitative estimate of drug-likeness (QED) is 0.314. The second kappa shape index (κ2) is 8.40. The van der Waals surface area contributed by atoms with Gasteiger partial charge in [0.2, 0.25) is 11.1 Å². The van der Waals surface area contributed by atoms with Crippen molar-refractivity contribution in [3.8, 4) is 0 Å². The molecule has 0 fully saturated rings. The summed E-state index contributed by atoms with van der Waals surface area (Å²) in [6, 6.07) is 13.4. The van der Waals surface area contributed by atoms with Crippen LogP contribution in [-0.4, -0.2) is 25.5 Å². The molecule has 1 N–H and O–H groups in total. The summed E-state index contributed by atoms with van der Waals surface area (Å²) < 4.78 is 1.60. The van der Waals surface area contributed by atoms with E-state index in [9.17, 15) is 14.9 Å². The number of allylic oxidation sites excluding steroid dienone is 2. The zero-order chi connectivity index (χ0) is 22.2. The van der Waals surface area contributed by atoms with E-state index in [-0.39, 0.29) is 11.5 Å². The Balaban J connectivity index is 1.57. The highest BCUT2D eigenvalue weighted by molar-refractivity contribution is 7.98. The van der Waals surface area contributed by atoms with Gasteiger partial charge in [-0.05, 0) is 30.5 Å². The molecule has 0 saturated carbocycles. The third-order valence-corrected chi connectivity index (χ3v) is 6.85. The molecule has 1 atom stereocenters. The summed E-state index contributed by atoms with van der Waals surface area (Å²) in [5.41, 5.74) is 2.65. The number of Topliss-reactive ketones (excluding diaryl/α,β-unsaturated/α-hetero) is 1. The van der Waals surface area contributed by atoms with E-state index in [1.165, 1.54) is 17.8 Å². The number of nitro benzene ring substituents is 1. The largest absolute Gasteiger partial charge is 0.328 e. The van der Waals surface area contributed by atoms with Gasteiger partial charge in [-0.2, -0.15) is 4.98 Å². The molecule has 10 heteroatoms. The fourth-order valence-corrected chi connectivity index (χ4v) is 5.24. The van der Waals surface area contributed by atoms with Crippen LogP contribution in [-0.2, 0) is 10.5 Å². The van der Waals surface area contributed by atoms with Crippen molar-refractivity contribution < 1.29 is 9.72 Å². The van der Waals surface area contributed by atoms with E-state index < -0.39 is 11.0 Å². The van der Waals surface area contributed by atoms with E-state index in [2.05, 4.69) is 15.4 Å². The van der Waals surface area contributed by atoms with Crippen LogP contribution in [0.25, 0.3) is 0 Å². The van der Waals surface area contributed by atoms with Gasteiger partial charge in [0.25, 0.3) is 5.69 Å². The van der Waals surface area contributed by atoms with Crippen LogP contribution in [0, 0.1) is 10.1 Å². The van der Waals surface area contributed by atoms with E-state index in [0.29, 0.717) is 45.9 Å². The molecular formula is C22H18ClN5O3S. The Morgan fingerprint density at radius 3 is 2.78 bits per heavy atom. The highest BCUT2D eigenvalue weighted by atomic mass is 35.5. The summed E-state index contributed by atoms with van der Waals surface area (Å²) in [6.07, 6.45) is 1.83. The van der Waals surface area contributed by atoms with Gasteiger partial charge in [0.15, 0.2) is 5.78 Å². The summed E-state index contributed by atoms with van der Waals surface area (Å²) in [4.78, 5) is 28.8. The minimum absolute atomic E-state index is 0.0201. The highest BCUT2D eigenvalue weighted by Gasteiger charge is 2.39. The lowest BCUT2D eigenvalue weighted by Crippen LogP contribution is -2.31. The van der Waals surface area contributed by atoms with Crippen LogP contribution in [0.1, 0.15) is 36.4 Å². The number of hydrogen-bond donors (Lipinski definition) is 1. The maximum absolute atomic E-state index is 12.9. The van der Waals surface area contributed by atoms with Gasteiger partial charge in [-0.1, -0.05) is 53.7 Å². The number of fused-ring (bicyclic) bond motifs is 1. The van der Waals surface area contributed by atoms with Crippen molar-refractivity contribution in [1.29, 1.82) is 0 Å². The SMILES string of the molecule is O=C1CCCC2=C1[C@@H](c1ccccc1[N+](=O)[O-])n1nc(SCc3ccccc3Cl)nc1N2. The zero-order valence-corrected chi connectivity index (χ0v) is 18.4. The molecule has 0 amide bonds. The van der Waals surface area contributed by atoms with Crippen molar-refractivity contribution in [3.05, 3.63) is 86.1 Å². The molecule has 32 heavy (non-hydrogen) atoms. The van der Waals surface area contributed by atoms with Gasteiger partial charge in [0.1, 0.15) is 6.04 Å². The molecule has 8 nitrogen and oxygen atoms in total. The number of aromatic nitrogens is 3. The van der Waals surface area contributed by atoms with Crippen LogP contribution in [0.3, 0.4) is 0 Å². The molecule has 0 unspecified atom stereocenters. The number of carbonyl (C=O) groups excluding carboxylic acids is 1. The second-order valence-corrected chi connectivity index (χ2v) is 8.90. The average molecular weight is 468 g/mol. The average Bonchev–Trinajstić information content (AvgIpc) is 3.20. The molecule has 1 aliphatic heterocycles. The molecule has 2 aliphatic rings. The second-order valence-electron chi connectivity index (χ2n) is 7.56. The zero-order valence-electron chi connectivity index (χ0n) is 16.8. The molecule has 0 bridgehead atoms. The third kappa shape index (κ3) is 3.67. The summed E-state index contributed by atoms with van der Waals surface area (Å²) >= 11 is 7.68. The first-order valence-electron chi connectivity index (χ1n) is 10.1. The molecule has 2 aromatic carbocycles. The lowest BCUT2D eigenvalue weighted by Gasteiger charge is -2.31. The number of carbonyl (C=O) groups is 1. The van der Waals surface area contributed by atoms with Crippen molar-refractivity contribution in [2.24, 2.45) is 0 Å². The molecule has 0 spiro atoms. The van der Waals surface area contributed by atoms with E-state index in [1.807, 2.05) is 24.3 Å². The van der Waals surface area contributed by atoms with E-state index in [4.69, 9.17) is 11.6 Å². The molecule has 3 aromatic rings. The van der Waals surface area contributed by atoms with E-state index in [0.717, 1.165) is 17.7 Å². The van der Waals surface area contributed by atoms with Gasteiger partial charge in [-0.25, -0.2) is 4.68 Å². The first-order valence-corrected chi connectivity index (χ1v) is 11.5. The number of thioether (sulfide) groups is 1. The minimum atomic E-state index is -0.696. The predicted molar refractivity (Wildman–Crippen MR) is 122 cm³/mol. The summed E-state index contributed by atoms with van der Waals surface area (Å²) in [5, 5.41) is 20.8. The Hall–Kier alpha value is -3.17. The number of rotatable bonds is 5. The van der Waals surface area contributed by atoms with Gasteiger partial charge in [-0.3, -0.25) is 14.9 Å². The van der Waals surface area contributed by atoms with Crippen molar-refractivity contribution in [2.45, 2.75) is 36.2 Å². The number of halogens is 1. The Morgan fingerprint density at radius 1 is 1.19 bits per heavy atom. The Kier molecular flexibility index (Phi) is 5.44. The maximum atomic E-state index is 12.9. The van der Waals surface area contributed by atoms with Crippen LogP contribution in [0.4, 0.5) is 11.6 Å². The van der Waals surface area contributed by atoms with Gasteiger partial charge < -0.3 is 5.32 Å². The molecule has 1 aliphatic carbocycles. The molecular weight excluding hydrogens is 450 g/mol. The van der Waals surface area contributed by atoms with Crippen LogP contribution in [0.2, 0.25) is 5.02 Å². The van der Waals surface area contributed by atoms with Gasteiger partial charge >= 0.3 is 0 Å². The van der Waals surface area contributed by atoms with Crippen molar-refractivity contribution in [1.82, 2.24) is 14.8 Å². The number of ketones is 1. The van der Waals surface area contributed by atoms with Gasteiger partial charge in [-0.15, -0.1) is 5.10 Å². The van der Waals surface area contributed by atoms with Crippen LogP contribution < -0.4 is 5.32 Å². The number of nitrogens with zero attached hydrogens (tertiary/aromatic N) is 4. The monoisotopic (exact) mass is 467 g/mol. The van der Waals surface area contributed by atoms with Gasteiger partial charge in [0.05, 0.1) is 10.5 Å². The topological polar surface area (TPSA) is 103 Å².